The molecule has 0 bridgehead atoms. The van der Waals surface area contributed by atoms with E-state index in [0.29, 0.717) is 23.4 Å². The fraction of sp³-hybridized carbons (Fsp3) is 0.143. The summed E-state index contributed by atoms with van der Waals surface area (Å²) in [5.41, 5.74) is 3.95. The van der Waals surface area contributed by atoms with Gasteiger partial charge in [0.1, 0.15) is 0 Å². The molecule has 6 nitrogen and oxygen atoms in total. The van der Waals surface area contributed by atoms with Gasteiger partial charge in [0.05, 0.1) is 16.6 Å². The van der Waals surface area contributed by atoms with E-state index >= 15 is 0 Å². The first-order chi connectivity index (χ1) is 13.6. The molecule has 0 fully saturated rings. The average molecular weight is 388 g/mol. The zero-order valence-corrected chi connectivity index (χ0v) is 15.9. The van der Waals surface area contributed by atoms with E-state index in [-0.39, 0.29) is 11.8 Å². The van der Waals surface area contributed by atoms with Crippen molar-refractivity contribution < 1.29 is 9.59 Å². The normalized spacial score (nSPS) is 13.7. The largest absolute Gasteiger partial charge is 0.273 e. The maximum atomic E-state index is 12.5. The standard InChI is InChI=1S/C21H16N4O2S/c1-13-12-18-22-23-21(25(18)17-9-5-4-6-14(13)17)28-11-10-24-19(26)15-7-2-3-8-16(15)20(24)27/h2-9,12H,10-11H2,1H3. The van der Waals surface area contributed by atoms with E-state index in [9.17, 15) is 9.59 Å². The summed E-state index contributed by atoms with van der Waals surface area (Å²) in [5, 5.41) is 10.5. The number of amides is 2. The number of nitrogens with zero attached hydrogens (tertiary/aromatic N) is 4. The number of aryl methyl sites for hydroxylation is 1. The number of thioether (sulfide) groups is 1. The van der Waals surface area contributed by atoms with Crippen LogP contribution in [0.3, 0.4) is 0 Å². The second kappa shape index (κ2) is 6.45. The summed E-state index contributed by atoms with van der Waals surface area (Å²) in [5.74, 6) is 0.0934. The number of fused-ring (bicyclic) bond motifs is 4. The molecule has 0 unspecified atom stereocenters. The Bertz CT molecular complexity index is 1230. The lowest BCUT2D eigenvalue weighted by Gasteiger charge is -2.13. The lowest BCUT2D eigenvalue weighted by atomic mass is 10.1. The van der Waals surface area contributed by atoms with Gasteiger partial charge in [-0.3, -0.25) is 18.9 Å². The highest BCUT2D eigenvalue weighted by molar-refractivity contribution is 7.99. The van der Waals surface area contributed by atoms with Gasteiger partial charge in [-0.05, 0) is 36.8 Å². The monoisotopic (exact) mass is 388 g/mol. The van der Waals surface area contributed by atoms with Gasteiger partial charge >= 0.3 is 0 Å². The predicted molar refractivity (Wildman–Crippen MR) is 108 cm³/mol. The quantitative estimate of drug-likeness (QED) is 0.395. The number of aromatic nitrogens is 3. The first-order valence-corrected chi connectivity index (χ1v) is 9.95. The molecule has 0 saturated carbocycles. The van der Waals surface area contributed by atoms with Gasteiger partial charge in [-0.1, -0.05) is 42.1 Å². The third-order valence-corrected chi connectivity index (χ3v) is 5.91. The van der Waals surface area contributed by atoms with Crippen LogP contribution >= 0.6 is 11.8 Å². The lowest BCUT2D eigenvalue weighted by molar-refractivity contribution is 0.0664. The molecule has 0 spiro atoms. The van der Waals surface area contributed by atoms with E-state index in [4.69, 9.17) is 0 Å². The van der Waals surface area contributed by atoms with Crippen LogP contribution < -0.4 is 0 Å². The number of benzene rings is 2. The van der Waals surface area contributed by atoms with Gasteiger partial charge in [0, 0.05) is 17.7 Å². The van der Waals surface area contributed by atoms with Crippen LogP contribution in [0.15, 0.2) is 59.8 Å². The third-order valence-electron chi connectivity index (χ3n) is 5.00. The third kappa shape index (κ3) is 2.51. The molecule has 0 radical (unpaired) electrons. The van der Waals surface area contributed by atoms with Crippen LogP contribution in [0.2, 0.25) is 0 Å². The predicted octanol–water partition coefficient (Wildman–Crippen LogP) is 3.58. The number of hydrogen-bond donors (Lipinski definition) is 0. The highest BCUT2D eigenvalue weighted by atomic mass is 32.2. The zero-order valence-electron chi connectivity index (χ0n) is 15.1. The number of hydrogen-bond acceptors (Lipinski definition) is 5. The Labute approximate surface area is 165 Å². The van der Waals surface area contributed by atoms with Crippen molar-refractivity contribution in [2.75, 3.05) is 12.3 Å². The Morgan fingerprint density at radius 2 is 1.61 bits per heavy atom. The molecule has 4 aromatic rings. The second-order valence-corrected chi connectivity index (χ2v) is 7.74. The molecule has 1 aliphatic heterocycles. The van der Waals surface area contributed by atoms with E-state index in [1.54, 1.807) is 24.3 Å². The molecule has 0 aliphatic carbocycles. The first-order valence-electron chi connectivity index (χ1n) is 8.96. The fourth-order valence-electron chi connectivity index (χ4n) is 3.64. The van der Waals surface area contributed by atoms with Crippen molar-refractivity contribution in [1.29, 1.82) is 0 Å². The maximum Gasteiger partial charge on any atom is 0.261 e. The van der Waals surface area contributed by atoms with Crippen molar-refractivity contribution in [1.82, 2.24) is 19.5 Å². The van der Waals surface area contributed by atoms with Gasteiger partial charge in [0.2, 0.25) is 0 Å². The molecule has 7 heteroatoms. The molecule has 0 N–H and O–H groups in total. The van der Waals surface area contributed by atoms with E-state index in [2.05, 4.69) is 23.2 Å². The van der Waals surface area contributed by atoms with Crippen LogP contribution in [0.25, 0.3) is 16.6 Å². The lowest BCUT2D eigenvalue weighted by Crippen LogP contribution is -2.31. The molecule has 28 heavy (non-hydrogen) atoms. The van der Waals surface area contributed by atoms with Crippen molar-refractivity contribution in [2.24, 2.45) is 0 Å². The molecule has 2 amide bonds. The van der Waals surface area contributed by atoms with Crippen molar-refractivity contribution >= 4 is 40.1 Å². The van der Waals surface area contributed by atoms with Gasteiger partial charge < -0.3 is 0 Å². The van der Waals surface area contributed by atoms with Crippen molar-refractivity contribution in [3.05, 3.63) is 71.3 Å². The number of carbonyl (C=O) groups is 2. The molecule has 5 rings (SSSR count). The Kier molecular flexibility index (Phi) is 3.91. The summed E-state index contributed by atoms with van der Waals surface area (Å²) in [6, 6.07) is 17.1. The molecule has 3 heterocycles. The van der Waals surface area contributed by atoms with E-state index in [1.165, 1.54) is 16.7 Å². The summed E-state index contributed by atoms with van der Waals surface area (Å²) in [4.78, 5) is 26.3. The first kappa shape index (κ1) is 16.9. The number of carbonyl (C=O) groups excluding carboxylic acids is 2. The smallest absolute Gasteiger partial charge is 0.261 e. The molecule has 0 saturated heterocycles. The van der Waals surface area contributed by atoms with Gasteiger partial charge in [0.25, 0.3) is 11.8 Å². The molecule has 138 valence electrons. The van der Waals surface area contributed by atoms with Crippen LogP contribution in [-0.2, 0) is 0 Å². The maximum absolute atomic E-state index is 12.5. The number of para-hydroxylation sites is 1. The Balaban J connectivity index is 1.40. The van der Waals surface area contributed by atoms with Gasteiger partial charge in [-0.25, -0.2) is 0 Å². The Morgan fingerprint density at radius 3 is 2.36 bits per heavy atom. The van der Waals surface area contributed by atoms with Crippen LogP contribution in [-0.4, -0.2) is 43.6 Å². The molecule has 0 atom stereocenters. The Hall–Kier alpha value is -3.19. The SMILES string of the molecule is Cc1cc2nnc(SCCN3C(=O)c4ccccc4C3=O)n2c2ccccc12. The summed E-state index contributed by atoms with van der Waals surface area (Å²) < 4.78 is 2.02. The zero-order chi connectivity index (χ0) is 19.3. The highest BCUT2D eigenvalue weighted by Crippen LogP contribution is 2.27. The number of imide groups is 1. The minimum atomic E-state index is -0.228. The summed E-state index contributed by atoms with van der Waals surface area (Å²) in [6.07, 6.45) is 0. The van der Waals surface area contributed by atoms with E-state index in [1.807, 2.05) is 28.7 Å². The number of rotatable bonds is 4. The van der Waals surface area contributed by atoms with Crippen molar-refractivity contribution in [2.45, 2.75) is 12.1 Å². The fourth-order valence-corrected chi connectivity index (χ4v) is 4.51. The van der Waals surface area contributed by atoms with Gasteiger partial charge in [0.15, 0.2) is 10.8 Å². The Morgan fingerprint density at radius 1 is 0.929 bits per heavy atom. The van der Waals surface area contributed by atoms with Crippen LogP contribution in [0.4, 0.5) is 0 Å². The van der Waals surface area contributed by atoms with Crippen molar-refractivity contribution in [3.8, 4) is 0 Å². The van der Waals surface area contributed by atoms with Crippen molar-refractivity contribution in [3.63, 3.8) is 0 Å². The molecular weight excluding hydrogens is 372 g/mol. The summed E-state index contributed by atoms with van der Waals surface area (Å²) >= 11 is 1.49. The number of pyridine rings is 1. The average Bonchev–Trinajstić information content (AvgIpc) is 3.23. The van der Waals surface area contributed by atoms with E-state index < -0.39 is 0 Å². The summed E-state index contributed by atoms with van der Waals surface area (Å²) in [7, 11) is 0. The van der Waals surface area contributed by atoms with Crippen LogP contribution in [0.1, 0.15) is 26.3 Å². The van der Waals surface area contributed by atoms with E-state index in [0.717, 1.165) is 27.3 Å². The molecule has 2 aromatic carbocycles. The molecular formula is C21H16N4O2S. The van der Waals surface area contributed by atoms with Gasteiger partial charge in [-0.15, -0.1) is 10.2 Å². The van der Waals surface area contributed by atoms with Crippen LogP contribution in [0, 0.1) is 6.92 Å². The van der Waals surface area contributed by atoms with Crippen LogP contribution in [0.5, 0.6) is 0 Å². The summed E-state index contributed by atoms with van der Waals surface area (Å²) in [6.45, 7) is 2.39. The minimum Gasteiger partial charge on any atom is -0.273 e. The topological polar surface area (TPSA) is 67.6 Å². The molecule has 2 aromatic heterocycles. The highest BCUT2D eigenvalue weighted by Gasteiger charge is 2.34. The van der Waals surface area contributed by atoms with Gasteiger partial charge in [-0.2, -0.15) is 0 Å². The molecule has 1 aliphatic rings. The minimum absolute atomic E-state index is 0.228. The second-order valence-electron chi connectivity index (χ2n) is 6.68.